The van der Waals surface area contributed by atoms with Gasteiger partial charge in [-0.15, -0.1) is 0 Å². The molecule has 3 rings (SSSR count). The van der Waals surface area contributed by atoms with Crippen LogP contribution in [-0.2, 0) is 24.2 Å². The highest BCUT2D eigenvalue weighted by atomic mass is 16.1. The number of hydrogen-bond donors (Lipinski definition) is 2. The second-order valence-corrected chi connectivity index (χ2v) is 5.93. The van der Waals surface area contributed by atoms with Crippen LogP contribution in [0, 0.1) is 5.92 Å². The van der Waals surface area contributed by atoms with Crippen molar-refractivity contribution in [1.29, 1.82) is 0 Å². The maximum Gasteiger partial charge on any atom is 0.220 e. The van der Waals surface area contributed by atoms with E-state index in [0.717, 1.165) is 31.4 Å². The van der Waals surface area contributed by atoms with Gasteiger partial charge < -0.3 is 5.32 Å². The Morgan fingerprint density at radius 2 is 2.25 bits per heavy atom. The number of rotatable bonds is 4. The van der Waals surface area contributed by atoms with E-state index in [4.69, 9.17) is 0 Å². The zero-order chi connectivity index (χ0) is 13.8. The van der Waals surface area contributed by atoms with Crippen LogP contribution in [0.4, 0.5) is 0 Å². The van der Waals surface area contributed by atoms with E-state index in [1.165, 1.54) is 30.5 Å². The topological polar surface area (TPSA) is 57.8 Å². The fourth-order valence-electron chi connectivity index (χ4n) is 3.23. The molecular formula is C16H23N3O. The third-order valence-corrected chi connectivity index (χ3v) is 4.40. The lowest BCUT2D eigenvalue weighted by molar-refractivity contribution is -0.121. The third-order valence-electron chi connectivity index (χ3n) is 4.40. The van der Waals surface area contributed by atoms with Crippen molar-refractivity contribution >= 4 is 5.91 Å². The second-order valence-electron chi connectivity index (χ2n) is 5.93. The van der Waals surface area contributed by atoms with E-state index in [1.54, 1.807) is 0 Å². The Hall–Kier alpha value is -1.58. The molecule has 20 heavy (non-hydrogen) atoms. The Balaban J connectivity index is 1.54. The average Bonchev–Trinajstić information content (AvgIpc) is 3.02. The normalized spacial score (nSPS) is 21.5. The highest BCUT2D eigenvalue weighted by molar-refractivity contribution is 5.76. The zero-order valence-corrected chi connectivity index (χ0v) is 12.0. The van der Waals surface area contributed by atoms with Crippen molar-refractivity contribution in [2.75, 3.05) is 0 Å². The number of amides is 1. The molecule has 0 bridgehead atoms. The molecule has 0 unspecified atom stereocenters. The van der Waals surface area contributed by atoms with Crippen molar-refractivity contribution in [2.45, 2.75) is 57.9 Å². The molecule has 2 aliphatic carbocycles. The summed E-state index contributed by atoms with van der Waals surface area (Å²) in [6.45, 7) is 0.571. The molecule has 0 saturated heterocycles. The van der Waals surface area contributed by atoms with Gasteiger partial charge in [0, 0.05) is 12.1 Å². The summed E-state index contributed by atoms with van der Waals surface area (Å²) in [5.74, 6) is 0.582. The first-order chi connectivity index (χ1) is 9.83. The summed E-state index contributed by atoms with van der Waals surface area (Å²) < 4.78 is 0. The van der Waals surface area contributed by atoms with Crippen LogP contribution >= 0.6 is 0 Å². The van der Waals surface area contributed by atoms with Gasteiger partial charge in [0.1, 0.15) is 0 Å². The van der Waals surface area contributed by atoms with Gasteiger partial charge in [-0.05, 0) is 50.0 Å². The molecule has 1 amide bonds. The van der Waals surface area contributed by atoms with E-state index >= 15 is 0 Å². The van der Waals surface area contributed by atoms with Crippen LogP contribution in [0.2, 0.25) is 0 Å². The predicted octanol–water partition coefficient (Wildman–Crippen LogP) is 2.65. The highest BCUT2D eigenvalue weighted by Crippen LogP contribution is 2.22. The van der Waals surface area contributed by atoms with Crippen molar-refractivity contribution in [2.24, 2.45) is 5.92 Å². The van der Waals surface area contributed by atoms with Crippen molar-refractivity contribution in [1.82, 2.24) is 15.5 Å². The largest absolute Gasteiger partial charge is 0.350 e. The molecule has 0 aliphatic heterocycles. The van der Waals surface area contributed by atoms with E-state index in [1.807, 2.05) is 0 Å². The second kappa shape index (κ2) is 6.25. The molecule has 1 aromatic rings. The number of H-pyrrole nitrogens is 1. The molecule has 1 atom stereocenters. The van der Waals surface area contributed by atoms with Gasteiger partial charge in [0.15, 0.2) is 0 Å². The molecular weight excluding hydrogens is 250 g/mol. The van der Waals surface area contributed by atoms with E-state index in [-0.39, 0.29) is 5.91 Å². The van der Waals surface area contributed by atoms with Crippen LogP contribution < -0.4 is 5.32 Å². The minimum absolute atomic E-state index is 0.145. The van der Waals surface area contributed by atoms with Gasteiger partial charge in [-0.3, -0.25) is 9.89 Å². The molecule has 108 valence electrons. The van der Waals surface area contributed by atoms with Crippen molar-refractivity contribution in [3.63, 3.8) is 0 Å². The maximum absolute atomic E-state index is 11.9. The van der Waals surface area contributed by atoms with Crippen LogP contribution in [0.1, 0.15) is 55.5 Å². The number of hydrogen-bond acceptors (Lipinski definition) is 2. The lowest BCUT2D eigenvalue weighted by Gasteiger charge is -2.08. The number of allylic oxidation sites excluding steroid dienone is 2. The fourth-order valence-corrected chi connectivity index (χ4v) is 3.23. The molecule has 1 aromatic heterocycles. The van der Waals surface area contributed by atoms with Crippen LogP contribution in [0.3, 0.4) is 0 Å². The van der Waals surface area contributed by atoms with Crippen LogP contribution in [-0.4, -0.2) is 16.1 Å². The summed E-state index contributed by atoms with van der Waals surface area (Å²) >= 11 is 0. The molecule has 1 heterocycles. The smallest absolute Gasteiger partial charge is 0.220 e. The summed E-state index contributed by atoms with van der Waals surface area (Å²) in [4.78, 5) is 11.9. The summed E-state index contributed by atoms with van der Waals surface area (Å²) in [7, 11) is 0. The van der Waals surface area contributed by atoms with Gasteiger partial charge >= 0.3 is 0 Å². The minimum atomic E-state index is 0.145. The van der Waals surface area contributed by atoms with Crippen LogP contribution in [0.15, 0.2) is 12.2 Å². The first-order valence-corrected chi connectivity index (χ1v) is 7.81. The predicted molar refractivity (Wildman–Crippen MR) is 78.2 cm³/mol. The molecule has 0 saturated carbocycles. The SMILES string of the molecule is O=C(C[C@@H]1C=CCC1)NCc1n[nH]c2c1CCCCC2. The van der Waals surface area contributed by atoms with E-state index in [2.05, 4.69) is 27.7 Å². The number of fused-ring (bicyclic) bond motifs is 1. The number of carbonyl (C=O) groups is 1. The van der Waals surface area contributed by atoms with E-state index < -0.39 is 0 Å². The van der Waals surface area contributed by atoms with Crippen molar-refractivity contribution in [3.05, 3.63) is 29.1 Å². The van der Waals surface area contributed by atoms with E-state index in [9.17, 15) is 4.79 Å². The lowest BCUT2D eigenvalue weighted by Crippen LogP contribution is -2.25. The number of aryl methyl sites for hydroxylation is 1. The van der Waals surface area contributed by atoms with Gasteiger partial charge in [-0.25, -0.2) is 0 Å². The Bertz CT molecular complexity index is 504. The third kappa shape index (κ3) is 3.11. The van der Waals surface area contributed by atoms with Gasteiger partial charge in [-0.2, -0.15) is 5.10 Å². The molecule has 2 N–H and O–H groups in total. The molecule has 0 radical (unpaired) electrons. The Labute approximate surface area is 120 Å². The van der Waals surface area contributed by atoms with Crippen LogP contribution in [0.5, 0.6) is 0 Å². The minimum Gasteiger partial charge on any atom is -0.350 e. The Morgan fingerprint density at radius 3 is 3.10 bits per heavy atom. The van der Waals surface area contributed by atoms with Gasteiger partial charge in [0.2, 0.25) is 5.91 Å². The average molecular weight is 273 g/mol. The van der Waals surface area contributed by atoms with Gasteiger partial charge in [0.05, 0.1) is 12.2 Å². The van der Waals surface area contributed by atoms with E-state index in [0.29, 0.717) is 18.9 Å². The Morgan fingerprint density at radius 1 is 1.35 bits per heavy atom. The molecule has 4 heteroatoms. The van der Waals surface area contributed by atoms with Gasteiger partial charge in [-0.1, -0.05) is 18.6 Å². The quantitative estimate of drug-likeness (QED) is 0.654. The summed E-state index contributed by atoms with van der Waals surface area (Å²) in [5.41, 5.74) is 3.67. The number of aromatic nitrogens is 2. The first-order valence-electron chi connectivity index (χ1n) is 7.81. The first kappa shape index (κ1) is 13.4. The van der Waals surface area contributed by atoms with Crippen molar-refractivity contribution in [3.8, 4) is 0 Å². The van der Waals surface area contributed by atoms with Crippen LogP contribution in [0.25, 0.3) is 0 Å². The fraction of sp³-hybridized carbons (Fsp3) is 0.625. The molecule has 0 aromatic carbocycles. The maximum atomic E-state index is 11.9. The summed E-state index contributed by atoms with van der Waals surface area (Å²) in [5, 5.41) is 10.6. The number of aromatic amines is 1. The Kier molecular flexibility index (Phi) is 4.19. The summed E-state index contributed by atoms with van der Waals surface area (Å²) in [6, 6.07) is 0. The molecule has 0 fully saturated rings. The highest BCUT2D eigenvalue weighted by Gasteiger charge is 2.17. The zero-order valence-electron chi connectivity index (χ0n) is 12.0. The number of nitrogens with one attached hydrogen (secondary N) is 2. The standard InChI is InChI=1S/C16H23N3O/c20-16(10-12-6-4-5-7-12)17-11-15-13-8-2-1-3-9-14(13)18-19-15/h4,6,12H,1-3,5,7-11H2,(H,17,20)(H,18,19)/t12-/m1/s1. The van der Waals surface area contributed by atoms with Gasteiger partial charge in [0.25, 0.3) is 0 Å². The van der Waals surface area contributed by atoms with Crippen molar-refractivity contribution < 1.29 is 4.79 Å². The number of carbonyl (C=O) groups excluding carboxylic acids is 1. The number of nitrogens with zero attached hydrogens (tertiary/aromatic N) is 1. The molecule has 4 nitrogen and oxygen atoms in total. The monoisotopic (exact) mass is 273 g/mol. The molecule has 0 spiro atoms. The summed E-state index contributed by atoms with van der Waals surface area (Å²) in [6.07, 6.45) is 13.2. The molecule has 2 aliphatic rings. The lowest BCUT2D eigenvalue weighted by atomic mass is 10.0.